The van der Waals surface area contributed by atoms with Crippen molar-refractivity contribution in [3.8, 4) is 77.9 Å². The van der Waals surface area contributed by atoms with Crippen LogP contribution in [0.25, 0.3) is 77.9 Å². The lowest BCUT2D eigenvalue weighted by atomic mass is 10.0. The van der Waals surface area contributed by atoms with Crippen molar-refractivity contribution in [2.24, 2.45) is 0 Å². The highest BCUT2D eigenvalue weighted by molar-refractivity contribution is 5.69. The third kappa shape index (κ3) is 38.5. The highest BCUT2D eigenvalue weighted by Crippen LogP contribution is 2.29. The molecule has 0 bridgehead atoms. The van der Waals surface area contributed by atoms with Gasteiger partial charge in [0.2, 0.25) is 0 Å². The summed E-state index contributed by atoms with van der Waals surface area (Å²) in [6.07, 6.45) is 36.0. The van der Waals surface area contributed by atoms with Gasteiger partial charge < -0.3 is 0 Å². The van der Waals surface area contributed by atoms with Crippen molar-refractivity contribution in [3.05, 3.63) is 418 Å². The molecule has 0 radical (unpaired) electrons. The lowest BCUT2D eigenvalue weighted by Crippen LogP contribution is -1.86. The van der Waals surface area contributed by atoms with E-state index in [0.29, 0.717) is 0 Å². The van der Waals surface area contributed by atoms with Gasteiger partial charge in [0, 0.05) is 0 Å². The number of rotatable bonds is 35. The summed E-state index contributed by atoms with van der Waals surface area (Å²) in [7, 11) is 0. The number of hydrogen-bond donors (Lipinski definition) is 0. The van der Waals surface area contributed by atoms with Crippen LogP contribution in [0.2, 0.25) is 0 Å². The molecule has 0 spiro atoms. The molecule has 0 unspecified atom stereocenters. The van der Waals surface area contributed by atoms with Crippen LogP contribution in [0.5, 0.6) is 0 Å². The van der Waals surface area contributed by atoms with Gasteiger partial charge in [-0.3, -0.25) is 0 Å². The van der Waals surface area contributed by atoms with Crippen LogP contribution in [0, 0.1) is 48.5 Å². The molecular weight excluding hydrogens is 1510 g/mol. The predicted octanol–water partition coefficient (Wildman–Crippen LogP) is 37.8. The molecule has 0 saturated carbocycles. The lowest BCUT2D eigenvalue weighted by Gasteiger charge is -2.05. The molecule has 0 fully saturated rings. The van der Waals surface area contributed by atoms with Crippen molar-refractivity contribution in [2.45, 2.75) is 277 Å². The number of hydrogen-bond acceptors (Lipinski definition) is 0. The van der Waals surface area contributed by atoms with Gasteiger partial charge in [0.25, 0.3) is 0 Å². The van der Waals surface area contributed by atoms with Crippen molar-refractivity contribution in [1.82, 2.24) is 0 Å². The fraction of sp³-hybridized carbons (Fsp3) is 0.333. The minimum atomic E-state index is 1.21. The molecule has 0 aromatic heterocycles. The second-order valence-corrected chi connectivity index (χ2v) is 35.1. The van der Waals surface area contributed by atoms with Crippen LogP contribution in [0.3, 0.4) is 0 Å². The van der Waals surface area contributed by atoms with E-state index in [1.807, 2.05) is 0 Å². The molecule has 0 heterocycles. The van der Waals surface area contributed by atoms with Crippen LogP contribution in [0.15, 0.2) is 340 Å². The minimum Gasteiger partial charge on any atom is -0.0654 e. The van der Waals surface area contributed by atoms with E-state index in [-0.39, 0.29) is 0 Å². The Morgan fingerprint density at radius 1 is 0.103 bits per heavy atom. The Kier molecular flexibility index (Phi) is 47.2. The number of unbranched alkanes of at least 4 members (excludes halogenated alkanes) is 14. The van der Waals surface area contributed by atoms with Crippen LogP contribution >= 0.6 is 0 Å². The largest absolute Gasteiger partial charge is 0.0654 e. The molecule has 0 heteroatoms. The topological polar surface area (TPSA) is 0 Å². The molecular formula is C126H154. The van der Waals surface area contributed by atoms with Crippen molar-refractivity contribution >= 4 is 0 Å². The second-order valence-electron chi connectivity index (χ2n) is 35.1. The van der Waals surface area contributed by atoms with Crippen LogP contribution in [-0.2, 0) is 44.9 Å². The zero-order valence-electron chi connectivity index (χ0n) is 80.1. The van der Waals surface area contributed by atoms with Gasteiger partial charge in [-0.15, -0.1) is 0 Å². The van der Waals surface area contributed by atoms with Crippen molar-refractivity contribution < 1.29 is 0 Å². The maximum Gasteiger partial charge on any atom is -0.0184 e. The Morgan fingerprint density at radius 2 is 0.183 bits per heavy atom. The van der Waals surface area contributed by atoms with E-state index in [2.05, 4.69) is 437 Å². The molecule has 658 valence electrons. The first-order valence-electron chi connectivity index (χ1n) is 48.7. The Balaban J connectivity index is 0.000000182. The Hall–Kier alpha value is -10.9. The first-order valence-corrected chi connectivity index (χ1v) is 48.7. The van der Waals surface area contributed by atoms with E-state index in [1.54, 1.807) is 0 Å². The average molecular weight is 1670 g/mol. The Labute approximate surface area is 767 Å². The lowest BCUT2D eigenvalue weighted by molar-refractivity contribution is 0.717. The van der Waals surface area contributed by atoms with Gasteiger partial charge in [-0.05, 0) is 255 Å². The standard InChI is InChI=1S/7C18H22/c7*1-3-4-5-6-16-9-13-18(14-10-16)17-11-7-15(2)8-12-17/h7*7-14H,3-6H2,1-2H3. The fourth-order valence-corrected chi connectivity index (χ4v) is 15.3. The van der Waals surface area contributed by atoms with Crippen LogP contribution in [-0.4, -0.2) is 0 Å². The highest BCUT2D eigenvalue weighted by atomic mass is 14.1. The maximum absolute atomic E-state index is 2.27. The van der Waals surface area contributed by atoms with E-state index in [0.717, 1.165) is 0 Å². The molecule has 0 aliphatic heterocycles. The van der Waals surface area contributed by atoms with E-state index < -0.39 is 0 Å². The first-order chi connectivity index (χ1) is 61.5. The van der Waals surface area contributed by atoms with Crippen LogP contribution in [0.1, 0.15) is 261 Å². The molecule has 14 aromatic rings. The highest BCUT2D eigenvalue weighted by Gasteiger charge is 2.07. The third-order valence-corrected chi connectivity index (χ3v) is 23.9. The van der Waals surface area contributed by atoms with Gasteiger partial charge in [-0.1, -0.05) is 517 Å². The zero-order valence-corrected chi connectivity index (χ0v) is 80.1. The Morgan fingerprint density at radius 3 is 0.262 bits per heavy atom. The summed E-state index contributed by atoms with van der Waals surface area (Å²) in [5.74, 6) is 0. The van der Waals surface area contributed by atoms with Gasteiger partial charge in [0.05, 0.1) is 0 Å². The molecule has 0 atom stereocenters. The zero-order chi connectivity index (χ0) is 89.6. The van der Waals surface area contributed by atoms with Crippen molar-refractivity contribution in [3.63, 3.8) is 0 Å². The number of benzene rings is 14. The average Bonchev–Trinajstić information content (AvgIpc) is 0.892. The minimum absolute atomic E-state index is 1.21. The summed E-state index contributed by atoms with van der Waals surface area (Å²) >= 11 is 0. The van der Waals surface area contributed by atoms with E-state index in [1.165, 1.54) is 336 Å². The molecule has 0 N–H and O–H groups in total. The smallest absolute Gasteiger partial charge is 0.0184 e. The summed E-state index contributed by atoms with van der Waals surface area (Å²) in [5.41, 5.74) is 37.7. The summed E-state index contributed by atoms with van der Waals surface area (Å²) < 4.78 is 0. The predicted molar refractivity (Wildman–Crippen MR) is 559 cm³/mol. The van der Waals surface area contributed by atoms with Gasteiger partial charge >= 0.3 is 0 Å². The van der Waals surface area contributed by atoms with Gasteiger partial charge in [0.1, 0.15) is 0 Å². The monoisotopic (exact) mass is 1670 g/mol. The summed E-state index contributed by atoms with van der Waals surface area (Å²) in [6.45, 7) is 30.6. The number of aryl methyl sites for hydroxylation is 14. The molecule has 0 aliphatic rings. The van der Waals surface area contributed by atoms with E-state index in [4.69, 9.17) is 0 Å². The van der Waals surface area contributed by atoms with Crippen molar-refractivity contribution in [2.75, 3.05) is 0 Å². The molecule has 0 saturated heterocycles. The quantitative estimate of drug-likeness (QED) is 0.0347. The first kappa shape index (κ1) is 100. The molecule has 0 aliphatic carbocycles. The SMILES string of the molecule is CCCCCc1ccc(-c2ccc(C)cc2)cc1.CCCCCc1ccc(-c2ccc(C)cc2)cc1.CCCCCc1ccc(-c2ccc(C)cc2)cc1.CCCCCc1ccc(-c2ccc(C)cc2)cc1.CCCCCc1ccc(-c2ccc(C)cc2)cc1.CCCCCc1ccc(-c2ccc(C)cc2)cc1.CCCCCc1ccc(-c2ccc(C)cc2)cc1. The van der Waals surface area contributed by atoms with Gasteiger partial charge in [-0.2, -0.15) is 0 Å². The summed E-state index contributed by atoms with van der Waals surface area (Å²) in [4.78, 5) is 0. The van der Waals surface area contributed by atoms with E-state index >= 15 is 0 Å². The molecule has 126 heavy (non-hydrogen) atoms. The second kappa shape index (κ2) is 59.1. The van der Waals surface area contributed by atoms with Crippen LogP contribution in [0.4, 0.5) is 0 Å². The molecule has 14 aromatic carbocycles. The third-order valence-electron chi connectivity index (χ3n) is 23.9. The molecule has 14 rings (SSSR count). The van der Waals surface area contributed by atoms with Gasteiger partial charge in [-0.25, -0.2) is 0 Å². The summed E-state index contributed by atoms with van der Waals surface area (Å²) in [6, 6.07) is 124. The normalized spacial score (nSPS) is 10.6. The van der Waals surface area contributed by atoms with Gasteiger partial charge in [0.15, 0.2) is 0 Å². The fourth-order valence-electron chi connectivity index (χ4n) is 15.3. The Bertz CT molecular complexity index is 4170. The van der Waals surface area contributed by atoms with Crippen LogP contribution < -0.4 is 0 Å². The van der Waals surface area contributed by atoms with Crippen molar-refractivity contribution in [1.29, 1.82) is 0 Å². The molecule has 0 nitrogen and oxygen atoms in total. The van der Waals surface area contributed by atoms with E-state index in [9.17, 15) is 0 Å². The molecule has 0 amide bonds. The summed E-state index contributed by atoms with van der Waals surface area (Å²) in [5, 5.41) is 0. The maximum atomic E-state index is 2.27.